The predicted octanol–water partition coefficient (Wildman–Crippen LogP) is 1.56. The normalized spacial score (nSPS) is 11.5. The number of carbonyl (C=O) groups is 2. The average Bonchev–Trinajstić information content (AvgIpc) is 2.90. The Morgan fingerprint density at radius 1 is 1.27 bits per heavy atom. The number of aryl methyl sites for hydroxylation is 2. The molecule has 1 aromatic heterocycles. The molecule has 6 nitrogen and oxygen atoms in total. The fraction of sp³-hybridized carbons (Fsp3) is 0.250. The maximum absolute atomic E-state index is 12.3. The number of aromatic nitrogens is 2. The Morgan fingerprint density at radius 2 is 1.91 bits per heavy atom. The number of hydrogen-bond acceptors (Lipinski definition) is 4. The van der Waals surface area contributed by atoms with Crippen LogP contribution >= 0.6 is 0 Å². The van der Waals surface area contributed by atoms with E-state index < -0.39 is 17.6 Å². The number of hydrogen-bond donors (Lipinski definition) is 1. The highest BCUT2D eigenvalue weighted by Crippen LogP contribution is 2.15. The van der Waals surface area contributed by atoms with Gasteiger partial charge in [-0.1, -0.05) is 17.7 Å². The molecule has 2 rings (SSSR count). The van der Waals surface area contributed by atoms with Gasteiger partial charge in [0.2, 0.25) is 11.7 Å². The number of nitrogens with one attached hydrogen (secondary N) is 1. The van der Waals surface area contributed by atoms with Crippen LogP contribution in [0.2, 0.25) is 0 Å². The Bertz CT molecular complexity index is 753. The third-order valence-electron chi connectivity index (χ3n) is 3.32. The zero-order valence-corrected chi connectivity index (χ0v) is 12.6. The maximum Gasteiger partial charge on any atom is 0.245 e. The summed E-state index contributed by atoms with van der Waals surface area (Å²) in [6, 6.07) is 11.0. The molecule has 1 N–H and O–H groups in total. The van der Waals surface area contributed by atoms with Crippen molar-refractivity contribution in [3.8, 4) is 11.8 Å². The number of Topliss-reactive ketones (excluding diaryl/α,β-unsaturated/α-hetero) is 1. The van der Waals surface area contributed by atoms with Crippen LogP contribution < -0.4 is 5.32 Å². The van der Waals surface area contributed by atoms with Gasteiger partial charge in [-0.15, -0.1) is 0 Å². The molecule has 0 aliphatic carbocycles. The number of carbonyl (C=O) groups excluding carboxylic acids is 2. The van der Waals surface area contributed by atoms with Gasteiger partial charge in [-0.2, -0.15) is 10.4 Å². The third-order valence-corrected chi connectivity index (χ3v) is 3.32. The highest BCUT2D eigenvalue weighted by atomic mass is 16.2. The standard InChI is InChI=1S/C16H16N4O2/c1-10-4-6-12(7-5-10)20-11(2)8-14(19-20)15(21)13(9-17)16(22)18-3/h4-8,13H,1-3H3,(H,18,22)/t13-/m0/s1. The lowest BCUT2D eigenvalue weighted by Crippen LogP contribution is -2.32. The number of benzene rings is 1. The Kier molecular flexibility index (Phi) is 4.37. The van der Waals surface area contributed by atoms with Crippen LogP contribution in [0.5, 0.6) is 0 Å². The molecule has 0 fully saturated rings. The van der Waals surface area contributed by atoms with Gasteiger partial charge in [0, 0.05) is 12.7 Å². The van der Waals surface area contributed by atoms with E-state index in [-0.39, 0.29) is 5.69 Å². The van der Waals surface area contributed by atoms with Crippen molar-refractivity contribution in [3.63, 3.8) is 0 Å². The summed E-state index contributed by atoms with van der Waals surface area (Å²) in [4.78, 5) is 23.8. The number of nitriles is 1. The Labute approximate surface area is 128 Å². The number of nitrogens with zero attached hydrogens (tertiary/aromatic N) is 3. The smallest absolute Gasteiger partial charge is 0.245 e. The average molecular weight is 296 g/mol. The molecule has 0 spiro atoms. The monoisotopic (exact) mass is 296 g/mol. The summed E-state index contributed by atoms with van der Waals surface area (Å²) in [6.07, 6.45) is 0. The Morgan fingerprint density at radius 3 is 2.45 bits per heavy atom. The third kappa shape index (κ3) is 2.88. The second-order valence-corrected chi connectivity index (χ2v) is 4.96. The van der Waals surface area contributed by atoms with Gasteiger partial charge >= 0.3 is 0 Å². The van der Waals surface area contributed by atoms with Gasteiger partial charge in [-0.3, -0.25) is 9.59 Å². The van der Waals surface area contributed by atoms with Gasteiger partial charge in [-0.05, 0) is 32.0 Å². The van der Waals surface area contributed by atoms with Crippen molar-refractivity contribution in [1.82, 2.24) is 15.1 Å². The molecule has 0 radical (unpaired) electrons. The van der Waals surface area contributed by atoms with Crippen molar-refractivity contribution >= 4 is 11.7 Å². The summed E-state index contributed by atoms with van der Waals surface area (Å²) in [5.74, 6) is -2.61. The molecule has 0 aliphatic rings. The topological polar surface area (TPSA) is 87.8 Å². The molecule has 6 heteroatoms. The van der Waals surface area contributed by atoms with Gasteiger partial charge in [0.25, 0.3) is 0 Å². The number of ketones is 1. The second-order valence-electron chi connectivity index (χ2n) is 4.96. The number of amides is 1. The van der Waals surface area contributed by atoms with E-state index in [1.807, 2.05) is 38.1 Å². The zero-order valence-electron chi connectivity index (χ0n) is 12.6. The van der Waals surface area contributed by atoms with Gasteiger partial charge in [0.05, 0.1) is 11.8 Å². The van der Waals surface area contributed by atoms with Crippen LogP contribution in [0.1, 0.15) is 21.7 Å². The fourth-order valence-corrected chi connectivity index (χ4v) is 2.07. The summed E-state index contributed by atoms with van der Waals surface area (Å²) in [5, 5.41) is 15.6. The van der Waals surface area contributed by atoms with E-state index in [9.17, 15) is 9.59 Å². The first-order valence-electron chi connectivity index (χ1n) is 6.77. The van der Waals surface area contributed by atoms with Crippen molar-refractivity contribution in [2.24, 2.45) is 5.92 Å². The minimum absolute atomic E-state index is 0.105. The van der Waals surface area contributed by atoms with Gasteiger partial charge in [-0.25, -0.2) is 4.68 Å². The van der Waals surface area contributed by atoms with E-state index in [0.717, 1.165) is 16.9 Å². The lowest BCUT2D eigenvalue weighted by atomic mass is 10.0. The molecule has 112 valence electrons. The highest BCUT2D eigenvalue weighted by molar-refractivity contribution is 6.11. The lowest BCUT2D eigenvalue weighted by molar-refractivity contribution is -0.121. The molecule has 1 amide bonds. The molecule has 1 heterocycles. The van der Waals surface area contributed by atoms with Crippen molar-refractivity contribution < 1.29 is 9.59 Å². The van der Waals surface area contributed by atoms with Crippen LogP contribution in [0.15, 0.2) is 30.3 Å². The Balaban J connectivity index is 2.37. The second kappa shape index (κ2) is 6.22. The van der Waals surface area contributed by atoms with E-state index >= 15 is 0 Å². The van der Waals surface area contributed by atoms with Crippen LogP contribution in [0, 0.1) is 31.1 Å². The lowest BCUT2D eigenvalue weighted by Gasteiger charge is -2.05. The fourth-order valence-electron chi connectivity index (χ4n) is 2.07. The van der Waals surface area contributed by atoms with Gasteiger partial charge < -0.3 is 5.32 Å². The molecule has 22 heavy (non-hydrogen) atoms. The first kappa shape index (κ1) is 15.4. The SMILES string of the molecule is CNC(=O)[C@@H](C#N)C(=O)c1cc(C)n(-c2ccc(C)cc2)n1. The Hall–Kier alpha value is -2.94. The van der Waals surface area contributed by atoms with Crippen LogP contribution in [0.4, 0.5) is 0 Å². The minimum Gasteiger partial charge on any atom is -0.358 e. The van der Waals surface area contributed by atoms with Crippen LogP contribution in [0.3, 0.4) is 0 Å². The molecule has 1 atom stereocenters. The van der Waals surface area contributed by atoms with Crippen molar-refractivity contribution in [3.05, 3.63) is 47.3 Å². The van der Waals surface area contributed by atoms with Crippen LogP contribution in [-0.4, -0.2) is 28.5 Å². The zero-order chi connectivity index (χ0) is 16.3. The van der Waals surface area contributed by atoms with E-state index in [2.05, 4.69) is 10.4 Å². The molecule has 0 aliphatic heterocycles. The van der Waals surface area contributed by atoms with Crippen LogP contribution in [-0.2, 0) is 4.79 Å². The van der Waals surface area contributed by atoms with E-state index in [4.69, 9.17) is 5.26 Å². The summed E-state index contributed by atoms with van der Waals surface area (Å²) >= 11 is 0. The molecule has 0 unspecified atom stereocenters. The molecule has 0 saturated heterocycles. The minimum atomic E-state index is -1.38. The van der Waals surface area contributed by atoms with Crippen molar-refractivity contribution in [2.45, 2.75) is 13.8 Å². The van der Waals surface area contributed by atoms with Gasteiger partial charge in [0.1, 0.15) is 5.69 Å². The first-order chi connectivity index (χ1) is 10.5. The van der Waals surface area contributed by atoms with Crippen molar-refractivity contribution in [2.75, 3.05) is 7.05 Å². The summed E-state index contributed by atoms with van der Waals surface area (Å²) in [7, 11) is 1.39. The largest absolute Gasteiger partial charge is 0.358 e. The summed E-state index contributed by atoms with van der Waals surface area (Å²) in [6.45, 7) is 3.79. The van der Waals surface area contributed by atoms with E-state index in [1.165, 1.54) is 7.05 Å². The van der Waals surface area contributed by atoms with E-state index in [0.29, 0.717) is 0 Å². The quantitative estimate of drug-likeness (QED) is 0.685. The highest BCUT2D eigenvalue weighted by Gasteiger charge is 2.29. The molecule has 0 saturated carbocycles. The molecular formula is C16H16N4O2. The van der Waals surface area contributed by atoms with Crippen molar-refractivity contribution in [1.29, 1.82) is 5.26 Å². The summed E-state index contributed by atoms with van der Waals surface area (Å²) < 4.78 is 1.62. The molecule has 1 aromatic carbocycles. The van der Waals surface area contributed by atoms with E-state index in [1.54, 1.807) is 16.8 Å². The number of rotatable bonds is 4. The first-order valence-corrected chi connectivity index (χ1v) is 6.77. The molecule has 2 aromatic rings. The molecule has 0 bridgehead atoms. The summed E-state index contributed by atoms with van der Waals surface area (Å²) in [5.41, 5.74) is 2.79. The maximum atomic E-state index is 12.3. The predicted molar refractivity (Wildman–Crippen MR) is 80.5 cm³/mol. The molecular weight excluding hydrogens is 280 g/mol. The van der Waals surface area contributed by atoms with Crippen LogP contribution in [0.25, 0.3) is 5.69 Å². The van der Waals surface area contributed by atoms with Gasteiger partial charge in [0.15, 0.2) is 5.92 Å².